The van der Waals surface area contributed by atoms with Crippen LogP contribution in [0.1, 0.15) is 0 Å². The van der Waals surface area contributed by atoms with Crippen molar-refractivity contribution in [2.24, 2.45) is 0 Å². The van der Waals surface area contributed by atoms with Gasteiger partial charge < -0.3 is 25.6 Å². The van der Waals surface area contributed by atoms with Crippen LogP contribution in [0.2, 0.25) is 0 Å². The Morgan fingerprint density at radius 3 is 2.20 bits per heavy atom. The molecule has 78 valence electrons. The molecule has 0 atom stereocenters. The Labute approximate surface area is 84.2 Å². The number of anilines is 1. The molecule has 0 saturated heterocycles. The quantitative estimate of drug-likeness (QED) is 0.557. The van der Waals surface area contributed by atoms with Crippen LogP contribution in [-0.2, 0) is 0 Å². The van der Waals surface area contributed by atoms with E-state index in [1.165, 1.54) is 6.20 Å². The Kier molecular flexibility index (Phi) is 1.89. The second kappa shape index (κ2) is 3.09. The lowest BCUT2D eigenvalue weighted by Crippen LogP contribution is -1.86. The number of phenols is 3. The predicted octanol–water partition coefficient (Wildman–Crippen LogP) is 1.04. The van der Waals surface area contributed by atoms with Gasteiger partial charge in [-0.3, -0.25) is 0 Å². The third-order valence-corrected chi connectivity index (χ3v) is 1.91. The SMILES string of the molecule is Nc1cnoc1-c1c(O)cc(O)cc1O. The smallest absolute Gasteiger partial charge is 0.197 e. The molecule has 15 heavy (non-hydrogen) atoms. The molecule has 0 bridgehead atoms. The second-order valence-corrected chi connectivity index (χ2v) is 2.97. The van der Waals surface area contributed by atoms with Crippen LogP contribution in [0.3, 0.4) is 0 Å². The number of nitrogen functional groups attached to an aromatic ring is 1. The van der Waals surface area contributed by atoms with Crippen LogP contribution in [0.15, 0.2) is 22.9 Å². The van der Waals surface area contributed by atoms with Crippen molar-refractivity contribution in [3.8, 4) is 28.6 Å². The van der Waals surface area contributed by atoms with Crippen LogP contribution in [0.25, 0.3) is 11.3 Å². The van der Waals surface area contributed by atoms with E-state index in [4.69, 9.17) is 15.4 Å². The average Bonchev–Trinajstić information content (AvgIpc) is 2.50. The maximum Gasteiger partial charge on any atom is 0.197 e. The summed E-state index contributed by atoms with van der Waals surface area (Å²) in [5.41, 5.74) is 5.70. The fourth-order valence-corrected chi connectivity index (χ4v) is 1.27. The maximum absolute atomic E-state index is 9.51. The van der Waals surface area contributed by atoms with Crippen molar-refractivity contribution in [3.63, 3.8) is 0 Å². The molecule has 0 aliphatic carbocycles. The molecule has 0 radical (unpaired) electrons. The fourth-order valence-electron chi connectivity index (χ4n) is 1.27. The van der Waals surface area contributed by atoms with Gasteiger partial charge in [0.05, 0.1) is 6.20 Å². The van der Waals surface area contributed by atoms with Gasteiger partial charge in [0.25, 0.3) is 0 Å². The van der Waals surface area contributed by atoms with Crippen LogP contribution in [0, 0.1) is 0 Å². The highest BCUT2D eigenvalue weighted by Crippen LogP contribution is 2.42. The van der Waals surface area contributed by atoms with Crippen molar-refractivity contribution in [3.05, 3.63) is 18.3 Å². The summed E-state index contributed by atoms with van der Waals surface area (Å²) in [6.45, 7) is 0. The Morgan fingerprint density at radius 2 is 1.73 bits per heavy atom. The van der Waals surface area contributed by atoms with Gasteiger partial charge in [-0.1, -0.05) is 5.16 Å². The van der Waals surface area contributed by atoms with Gasteiger partial charge in [0.15, 0.2) is 5.76 Å². The number of benzene rings is 1. The molecule has 0 fully saturated rings. The van der Waals surface area contributed by atoms with E-state index in [2.05, 4.69) is 5.16 Å². The van der Waals surface area contributed by atoms with Crippen molar-refractivity contribution in [2.45, 2.75) is 0 Å². The number of hydrogen-bond acceptors (Lipinski definition) is 6. The van der Waals surface area contributed by atoms with Crippen LogP contribution in [0.4, 0.5) is 5.69 Å². The minimum atomic E-state index is -0.337. The Morgan fingerprint density at radius 1 is 1.13 bits per heavy atom. The summed E-state index contributed by atoms with van der Waals surface area (Å²) >= 11 is 0. The predicted molar refractivity (Wildman–Crippen MR) is 51.3 cm³/mol. The number of nitrogens with two attached hydrogens (primary N) is 1. The topological polar surface area (TPSA) is 113 Å². The molecule has 0 aliphatic rings. The van der Waals surface area contributed by atoms with Gasteiger partial charge in [-0.15, -0.1) is 0 Å². The number of aromatic nitrogens is 1. The van der Waals surface area contributed by atoms with E-state index in [-0.39, 0.29) is 34.3 Å². The number of aromatic hydroxyl groups is 3. The van der Waals surface area contributed by atoms with Crippen LogP contribution in [0.5, 0.6) is 17.2 Å². The molecular formula is C9H8N2O4. The second-order valence-electron chi connectivity index (χ2n) is 2.97. The highest BCUT2D eigenvalue weighted by molar-refractivity contribution is 5.80. The molecule has 6 heteroatoms. The summed E-state index contributed by atoms with van der Waals surface area (Å²) in [4.78, 5) is 0. The summed E-state index contributed by atoms with van der Waals surface area (Å²) in [6.07, 6.45) is 1.25. The van der Waals surface area contributed by atoms with Crippen molar-refractivity contribution in [1.29, 1.82) is 0 Å². The third-order valence-electron chi connectivity index (χ3n) is 1.91. The lowest BCUT2D eigenvalue weighted by Gasteiger charge is -2.05. The molecule has 0 unspecified atom stereocenters. The zero-order chi connectivity index (χ0) is 11.0. The Hall–Kier alpha value is -2.37. The van der Waals surface area contributed by atoms with Gasteiger partial charge in [-0.2, -0.15) is 0 Å². The van der Waals surface area contributed by atoms with E-state index in [0.717, 1.165) is 12.1 Å². The molecular weight excluding hydrogens is 200 g/mol. The number of phenolic OH excluding ortho intramolecular Hbond substituents is 3. The molecule has 1 heterocycles. The summed E-state index contributed by atoms with van der Waals surface area (Å²) in [5.74, 6) is -0.872. The number of rotatable bonds is 1. The lowest BCUT2D eigenvalue weighted by atomic mass is 10.1. The van der Waals surface area contributed by atoms with E-state index in [0.29, 0.717) is 0 Å². The zero-order valence-electron chi connectivity index (χ0n) is 7.51. The monoisotopic (exact) mass is 208 g/mol. The Bertz CT molecular complexity index is 484. The van der Waals surface area contributed by atoms with E-state index >= 15 is 0 Å². The molecule has 0 aliphatic heterocycles. The summed E-state index contributed by atoms with van der Waals surface area (Å²) in [5, 5.41) is 31.5. The first kappa shape index (κ1) is 9.20. The highest BCUT2D eigenvalue weighted by atomic mass is 16.5. The summed E-state index contributed by atoms with van der Waals surface area (Å²) in [7, 11) is 0. The largest absolute Gasteiger partial charge is 0.508 e. The van der Waals surface area contributed by atoms with Gasteiger partial charge >= 0.3 is 0 Å². The lowest BCUT2D eigenvalue weighted by molar-refractivity contribution is 0.410. The molecule has 5 N–H and O–H groups in total. The van der Waals surface area contributed by atoms with Crippen molar-refractivity contribution in [2.75, 3.05) is 5.73 Å². The fraction of sp³-hybridized carbons (Fsp3) is 0. The molecule has 2 aromatic rings. The standard InChI is InChI=1S/C9H8N2O4/c10-5-3-11-15-9(5)8-6(13)1-4(12)2-7(8)14/h1-3,12-14H,10H2. The molecule has 0 amide bonds. The van der Waals surface area contributed by atoms with Gasteiger partial charge in [0.1, 0.15) is 28.5 Å². The first-order valence-electron chi connectivity index (χ1n) is 4.05. The van der Waals surface area contributed by atoms with Gasteiger partial charge in [0.2, 0.25) is 0 Å². The molecule has 1 aromatic carbocycles. The van der Waals surface area contributed by atoms with E-state index in [1.807, 2.05) is 0 Å². The Balaban J connectivity index is 2.68. The van der Waals surface area contributed by atoms with Crippen LogP contribution in [-0.4, -0.2) is 20.5 Å². The minimum absolute atomic E-state index is 0.00259. The molecule has 0 saturated carbocycles. The van der Waals surface area contributed by atoms with Crippen LogP contribution >= 0.6 is 0 Å². The van der Waals surface area contributed by atoms with Crippen molar-refractivity contribution < 1.29 is 19.8 Å². The highest BCUT2D eigenvalue weighted by Gasteiger charge is 2.18. The summed E-state index contributed by atoms with van der Waals surface area (Å²) in [6, 6.07) is 2.13. The first-order valence-corrected chi connectivity index (χ1v) is 4.05. The minimum Gasteiger partial charge on any atom is -0.508 e. The maximum atomic E-state index is 9.51. The van der Waals surface area contributed by atoms with Crippen LogP contribution < -0.4 is 5.73 Å². The normalized spacial score (nSPS) is 10.4. The average molecular weight is 208 g/mol. The molecule has 0 spiro atoms. The van der Waals surface area contributed by atoms with Gasteiger partial charge in [-0.25, -0.2) is 0 Å². The van der Waals surface area contributed by atoms with Crippen molar-refractivity contribution in [1.82, 2.24) is 5.16 Å². The van der Waals surface area contributed by atoms with E-state index in [9.17, 15) is 10.2 Å². The van der Waals surface area contributed by atoms with Gasteiger partial charge in [-0.05, 0) is 0 Å². The first-order chi connectivity index (χ1) is 7.09. The number of nitrogens with zero attached hydrogens (tertiary/aromatic N) is 1. The number of hydrogen-bond donors (Lipinski definition) is 4. The molecule has 2 rings (SSSR count). The van der Waals surface area contributed by atoms with Gasteiger partial charge in [0, 0.05) is 12.1 Å². The summed E-state index contributed by atoms with van der Waals surface area (Å²) < 4.78 is 4.78. The third kappa shape index (κ3) is 1.41. The van der Waals surface area contributed by atoms with E-state index < -0.39 is 0 Å². The molecule has 1 aromatic heterocycles. The van der Waals surface area contributed by atoms with E-state index in [1.54, 1.807) is 0 Å². The zero-order valence-corrected chi connectivity index (χ0v) is 7.51. The van der Waals surface area contributed by atoms with Crippen molar-refractivity contribution >= 4 is 5.69 Å². The molecule has 6 nitrogen and oxygen atoms in total.